The standard InChI is InChI=1S/C28H41N5O3/c1-19-15-20(2)23(21(3)16-19)17-26(34)25(10-9-22-7-5-4-6-8-22)32-28(36)24(31)18-27(35)33(13-11-29)14-12-30/h4-8,15-16,24-25H,9-14,17-18,29-31H2,1-3H3,(H,32,36)/t24-,25-/m0/s1. The Kier molecular flexibility index (Phi) is 11.7. The van der Waals surface area contributed by atoms with Crippen molar-refractivity contribution in [3.63, 3.8) is 0 Å². The van der Waals surface area contributed by atoms with Crippen LogP contribution >= 0.6 is 0 Å². The first kappa shape index (κ1) is 29.2. The largest absolute Gasteiger partial charge is 0.345 e. The molecule has 0 heterocycles. The highest BCUT2D eigenvalue weighted by molar-refractivity contribution is 5.94. The summed E-state index contributed by atoms with van der Waals surface area (Å²) in [5, 5.41) is 2.83. The van der Waals surface area contributed by atoms with E-state index in [4.69, 9.17) is 17.2 Å². The van der Waals surface area contributed by atoms with Gasteiger partial charge in [0, 0.05) is 32.6 Å². The predicted molar refractivity (Wildman–Crippen MR) is 143 cm³/mol. The summed E-state index contributed by atoms with van der Waals surface area (Å²) < 4.78 is 0. The van der Waals surface area contributed by atoms with Crippen molar-refractivity contribution in [1.82, 2.24) is 10.2 Å². The van der Waals surface area contributed by atoms with Crippen LogP contribution in [0.4, 0.5) is 0 Å². The van der Waals surface area contributed by atoms with E-state index < -0.39 is 18.0 Å². The van der Waals surface area contributed by atoms with Crippen molar-refractivity contribution in [1.29, 1.82) is 0 Å². The number of hydrogen-bond donors (Lipinski definition) is 4. The van der Waals surface area contributed by atoms with Crippen LogP contribution in [0.3, 0.4) is 0 Å². The zero-order chi connectivity index (χ0) is 26.7. The van der Waals surface area contributed by atoms with Gasteiger partial charge in [0.05, 0.1) is 18.5 Å². The van der Waals surface area contributed by atoms with Crippen molar-refractivity contribution in [2.75, 3.05) is 26.2 Å². The Balaban J connectivity index is 2.14. The minimum absolute atomic E-state index is 0.0826. The van der Waals surface area contributed by atoms with Gasteiger partial charge in [-0.2, -0.15) is 0 Å². The molecule has 0 spiro atoms. The van der Waals surface area contributed by atoms with E-state index in [2.05, 4.69) is 17.4 Å². The van der Waals surface area contributed by atoms with E-state index in [1.54, 1.807) is 0 Å². The minimum Gasteiger partial charge on any atom is -0.345 e. The monoisotopic (exact) mass is 495 g/mol. The number of nitrogens with zero attached hydrogens (tertiary/aromatic N) is 1. The summed E-state index contributed by atoms with van der Waals surface area (Å²) in [6.07, 6.45) is 1.10. The normalized spacial score (nSPS) is 12.6. The number of hydrogen-bond acceptors (Lipinski definition) is 6. The number of ketones is 1. The molecule has 0 bridgehead atoms. The molecule has 8 nitrogen and oxygen atoms in total. The molecule has 0 aliphatic carbocycles. The molecule has 0 aliphatic rings. The van der Waals surface area contributed by atoms with Gasteiger partial charge in [-0.25, -0.2) is 0 Å². The fraction of sp³-hybridized carbons (Fsp3) is 0.464. The van der Waals surface area contributed by atoms with Gasteiger partial charge in [-0.1, -0.05) is 48.0 Å². The Morgan fingerprint density at radius 2 is 1.53 bits per heavy atom. The molecular weight excluding hydrogens is 454 g/mol. The SMILES string of the molecule is Cc1cc(C)c(CC(=O)[C@H](CCc2ccccc2)NC(=O)[C@@H](N)CC(=O)N(CCN)CCN)c(C)c1. The molecule has 0 aromatic heterocycles. The first-order valence-corrected chi connectivity index (χ1v) is 12.5. The quantitative estimate of drug-likeness (QED) is 0.311. The predicted octanol–water partition coefficient (Wildman–Crippen LogP) is 1.30. The molecule has 0 fully saturated rings. The molecule has 2 aromatic rings. The maximum absolute atomic E-state index is 13.4. The van der Waals surface area contributed by atoms with E-state index in [1.165, 1.54) is 4.90 Å². The van der Waals surface area contributed by atoms with Gasteiger partial charge in [0.25, 0.3) is 0 Å². The molecule has 2 atom stereocenters. The van der Waals surface area contributed by atoms with E-state index in [-0.39, 0.29) is 24.5 Å². The first-order valence-electron chi connectivity index (χ1n) is 12.5. The molecular formula is C28H41N5O3. The summed E-state index contributed by atoms with van der Waals surface area (Å²) in [5.41, 5.74) is 22.5. The van der Waals surface area contributed by atoms with E-state index in [1.807, 2.05) is 51.1 Å². The number of rotatable bonds is 14. The topological polar surface area (TPSA) is 145 Å². The molecule has 8 heteroatoms. The highest BCUT2D eigenvalue weighted by Crippen LogP contribution is 2.19. The zero-order valence-electron chi connectivity index (χ0n) is 21.8. The van der Waals surface area contributed by atoms with Crippen molar-refractivity contribution in [2.45, 2.75) is 58.5 Å². The maximum Gasteiger partial charge on any atom is 0.238 e. The Morgan fingerprint density at radius 3 is 2.08 bits per heavy atom. The second kappa shape index (κ2) is 14.5. The highest BCUT2D eigenvalue weighted by Gasteiger charge is 2.27. The van der Waals surface area contributed by atoms with Crippen LogP contribution in [-0.4, -0.2) is 60.8 Å². The summed E-state index contributed by atoms with van der Waals surface area (Å²) in [7, 11) is 0. The Bertz CT molecular complexity index is 996. The fourth-order valence-electron chi connectivity index (χ4n) is 4.42. The lowest BCUT2D eigenvalue weighted by Gasteiger charge is -2.24. The van der Waals surface area contributed by atoms with Gasteiger partial charge in [0.15, 0.2) is 5.78 Å². The van der Waals surface area contributed by atoms with Crippen LogP contribution in [0.2, 0.25) is 0 Å². The number of carbonyl (C=O) groups excluding carboxylic acids is 3. The van der Waals surface area contributed by atoms with Crippen LogP contribution in [-0.2, 0) is 27.2 Å². The molecule has 0 radical (unpaired) electrons. The summed E-state index contributed by atoms with van der Waals surface area (Å²) in [5.74, 6) is -0.889. The van der Waals surface area contributed by atoms with E-state index in [0.29, 0.717) is 39.0 Å². The van der Waals surface area contributed by atoms with Crippen molar-refractivity contribution in [3.05, 3.63) is 70.3 Å². The van der Waals surface area contributed by atoms with Crippen LogP contribution in [0.5, 0.6) is 0 Å². The van der Waals surface area contributed by atoms with Gasteiger partial charge < -0.3 is 27.4 Å². The van der Waals surface area contributed by atoms with Crippen molar-refractivity contribution in [3.8, 4) is 0 Å². The molecule has 0 saturated heterocycles. The molecule has 0 aliphatic heterocycles. The van der Waals surface area contributed by atoms with E-state index in [9.17, 15) is 14.4 Å². The van der Waals surface area contributed by atoms with Crippen LogP contribution in [0.15, 0.2) is 42.5 Å². The third-order valence-corrected chi connectivity index (χ3v) is 6.34. The fourth-order valence-corrected chi connectivity index (χ4v) is 4.42. The Hall–Kier alpha value is -3.07. The highest BCUT2D eigenvalue weighted by atomic mass is 16.2. The van der Waals surface area contributed by atoms with Gasteiger partial charge in [-0.05, 0) is 55.9 Å². The molecule has 2 rings (SSSR count). The molecule has 36 heavy (non-hydrogen) atoms. The first-order chi connectivity index (χ1) is 17.2. The van der Waals surface area contributed by atoms with Crippen molar-refractivity contribution < 1.29 is 14.4 Å². The third kappa shape index (κ3) is 8.86. The van der Waals surface area contributed by atoms with E-state index >= 15 is 0 Å². The Labute approximate surface area is 214 Å². The number of amides is 2. The third-order valence-electron chi connectivity index (χ3n) is 6.34. The molecule has 0 saturated carbocycles. The summed E-state index contributed by atoms with van der Waals surface area (Å²) in [6, 6.07) is 12.1. The number of Topliss-reactive ketones (excluding diaryl/α,β-unsaturated/α-hetero) is 1. The number of nitrogens with one attached hydrogen (secondary N) is 1. The summed E-state index contributed by atoms with van der Waals surface area (Å²) in [6.45, 7) is 7.30. The van der Waals surface area contributed by atoms with Gasteiger partial charge in [0.2, 0.25) is 11.8 Å². The number of benzene rings is 2. The van der Waals surface area contributed by atoms with Crippen LogP contribution in [0.25, 0.3) is 0 Å². The van der Waals surface area contributed by atoms with Crippen molar-refractivity contribution in [2.24, 2.45) is 17.2 Å². The van der Waals surface area contributed by atoms with Gasteiger partial charge in [-0.3, -0.25) is 14.4 Å². The van der Waals surface area contributed by atoms with Gasteiger partial charge >= 0.3 is 0 Å². The number of carbonyl (C=O) groups is 3. The van der Waals surface area contributed by atoms with Gasteiger partial charge in [0.1, 0.15) is 0 Å². The molecule has 2 amide bonds. The molecule has 0 unspecified atom stereocenters. The van der Waals surface area contributed by atoms with Crippen LogP contribution < -0.4 is 22.5 Å². The lowest BCUT2D eigenvalue weighted by Crippen LogP contribution is -2.51. The number of nitrogens with two attached hydrogens (primary N) is 3. The lowest BCUT2D eigenvalue weighted by molar-refractivity contribution is -0.134. The molecule has 196 valence electrons. The summed E-state index contributed by atoms with van der Waals surface area (Å²) in [4.78, 5) is 40.5. The van der Waals surface area contributed by atoms with Crippen molar-refractivity contribution >= 4 is 17.6 Å². The number of aryl methyl sites for hydroxylation is 4. The Morgan fingerprint density at radius 1 is 0.944 bits per heavy atom. The zero-order valence-corrected chi connectivity index (χ0v) is 21.8. The average Bonchev–Trinajstić information content (AvgIpc) is 2.84. The minimum atomic E-state index is -1.08. The molecule has 7 N–H and O–H groups in total. The van der Waals surface area contributed by atoms with Gasteiger partial charge in [-0.15, -0.1) is 0 Å². The second-order valence-corrected chi connectivity index (χ2v) is 9.37. The maximum atomic E-state index is 13.4. The van der Waals surface area contributed by atoms with Crippen LogP contribution in [0.1, 0.15) is 40.7 Å². The van der Waals surface area contributed by atoms with E-state index in [0.717, 1.165) is 27.8 Å². The summed E-state index contributed by atoms with van der Waals surface area (Å²) >= 11 is 0. The smallest absolute Gasteiger partial charge is 0.238 e. The second-order valence-electron chi connectivity index (χ2n) is 9.37. The lowest BCUT2D eigenvalue weighted by atomic mass is 9.92. The average molecular weight is 496 g/mol. The van der Waals surface area contributed by atoms with Crippen LogP contribution in [0, 0.1) is 20.8 Å². The molecule has 2 aromatic carbocycles.